The quantitative estimate of drug-likeness (QED) is 0.617. The van der Waals surface area contributed by atoms with E-state index in [1.54, 1.807) is 7.11 Å². The van der Waals surface area contributed by atoms with E-state index in [9.17, 15) is 0 Å². The van der Waals surface area contributed by atoms with Crippen molar-refractivity contribution in [2.24, 2.45) is 5.73 Å². The number of hydrogen-bond donors (Lipinski definition) is 2. The molecule has 1 aromatic carbocycles. The Labute approximate surface area is 117 Å². The highest BCUT2D eigenvalue weighted by atomic mass is 16.5. The number of amidine groups is 1. The molecule has 0 radical (unpaired) electrons. The SMILES string of the molecule is COCCc1ccc(Oc2nccnc2C(=N)N)cc1. The van der Waals surface area contributed by atoms with Crippen molar-refractivity contribution in [3.05, 3.63) is 47.9 Å². The first-order chi connectivity index (χ1) is 9.70. The van der Waals surface area contributed by atoms with Gasteiger partial charge in [-0.15, -0.1) is 0 Å². The molecule has 0 bridgehead atoms. The lowest BCUT2D eigenvalue weighted by Gasteiger charge is -2.08. The number of ether oxygens (including phenoxy) is 2. The highest BCUT2D eigenvalue weighted by Gasteiger charge is 2.10. The van der Waals surface area contributed by atoms with Gasteiger partial charge in [-0.05, 0) is 24.1 Å². The number of rotatable bonds is 6. The average molecular weight is 272 g/mol. The molecule has 2 aromatic rings. The van der Waals surface area contributed by atoms with Gasteiger partial charge in [0.15, 0.2) is 5.69 Å². The molecule has 0 aliphatic heterocycles. The lowest BCUT2D eigenvalue weighted by atomic mass is 10.1. The lowest BCUT2D eigenvalue weighted by Crippen LogP contribution is -2.15. The summed E-state index contributed by atoms with van der Waals surface area (Å²) in [6, 6.07) is 7.59. The molecule has 0 spiro atoms. The minimum Gasteiger partial charge on any atom is -0.437 e. The van der Waals surface area contributed by atoms with Crippen LogP contribution in [0.3, 0.4) is 0 Å². The fraction of sp³-hybridized carbons (Fsp3) is 0.214. The summed E-state index contributed by atoms with van der Waals surface area (Å²) in [6.07, 6.45) is 3.81. The van der Waals surface area contributed by atoms with Crippen molar-refractivity contribution in [1.29, 1.82) is 5.41 Å². The Kier molecular flexibility index (Phi) is 4.62. The van der Waals surface area contributed by atoms with Crippen LogP contribution in [0.15, 0.2) is 36.7 Å². The van der Waals surface area contributed by atoms with Crippen LogP contribution in [0.25, 0.3) is 0 Å². The summed E-state index contributed by atoms with van der Waals surface area (Å²) in [5, 5.41) is 7.43. The van der Waals surface area contributed by atoms with Gasteiger partial charge in [0.25, 0.3) is 0 Å². The molecule has 1 aromatic heterocycles. The maximum absolute atomic E-state index is 7.43. The molecule has 0 atom stereocenters. The minimum atomic E-state index is -0.176. The standard InChI is InChI=1S/C14H16N4O2/c1-19-9-6-10-2-4-11(5-3-10)20-14-12(13(15)16)17-7-8-18-14/h2-5,7-8H,6,9H2,1H3,(H3,15,16). The molecule has 20 heavy (non-hydrogen) atoms. The zero-order chi connectivity index (χ0) is 14.4. The molecule has 1 heterocycles. The van der Waals surface area contributed by atoms with Crippen LogP contribution in [0.2, 0.25) is 0 Å². The Bertz CT molecular complexity index is 584. The van der Waals surface area contributed by atoms with Crippen LogP contribution in [0, 0.1) is 5.41 Å². The van der Waals surface area contributed by atoms with Gasteiger partial charge in [-0.25, -0.2) is 9.97 Å². The molecule has 0 saturated carbocycles. The van der Waals surface area contributed by atoms with Crippen LogP contribution in [0.1, 0.15) is 11.3 Å². The molecule has 6 nitrogen and oxygen atoms in total. The number of methoxy groups -OCH3 is 1. The van der Waals surface area contributed by atoms with Crippen molar-refractivity contribution in [3.63, 3.8) is 0 Å². The molecule has 0 amide bonds. The molecule has 104 valence electrons. The van der Waals surface area contributed by atoms with Crippen LogP contribution < -0.4 is 10.5 Å². The predicted molar refractivity (Wildman–Crippen MR) is 75.1 cm³/mol. The summed E-state index contributed by atoms with van der Waals surface area (Å²) in [5.74, 6) is 0.670. The Morgan fingerprint density at radius 3 is 2.55 bits per heavy atom. The van der Waals surface area contributed by atoms with Gasteiger partial charge in [-0.3, -0.25) is 5.41 Å². The van der Waals surface area contributed by atoms with Gasteiger partial charge in [0.2, 0.25) is 5.88 Å². The van der Waals surface area contributed by atoms with E-state index in [1.807, 2.05) is 24.3 Å². The lowest BCUT2D eigenvalue weighted by molar-refractivity contribution is 0.202. The summed E-state index contributed by atoms with van der Waals surface area (Å²) in [7, 11) is 1.68. The van der Waals surface area contributed by atoms with Crippen molar-refractivity contribution in [2.75, 3.05) is 13.7 Å². The molecular weight excluding hydrogens is 256 g/mol. The summed E-state index contributed by atoms with van der Waals surface area (Å²) in [4.78, 5) is 8.02. The number of nitrogens with two attached hydrogens (primary N) is 1. The third-order valence-corrected chi connectivity index (χ3v) is 2.65. The largest absolute Gasteiger partial charge is 0.437 e. The monoisotopic (exact) mass is 272 g/mol. The molecule has 0 saturated heterocycles. The van der Waals surface area contributed by atoms with Crippen molar-refractivity contribution in [1.82, 2.24) is 9.97 Å². The van der Waals surface area contributed by atoms with Crippen LogP contribution in [0.4, 0.5) is 0 Å². The van der Waals surface area contributed by atoms with Crippen molar-refractivity contribution < 1.29 is 9.47 Å². The number of benzene rings is 1. The second-order valence-electron chi connectivity index (χ2n) is 4.11. The third kappa shape index (κ3) is 3.52. The van der Waals surface area contributed by atoms with Gasteiger partial charge in [0.1, 0.15) is 11.6 Å². The van der Waals surface area contributed by atoms with Gasteiger partial charge >= 0.3 is 0 Å². The van der Waals surface area contributed by atoms with Gasteiger partial charge in [0.05, 0.1) is 6.61 Å². The van der Waals surface area contributed by atoms with E-state index in [4.69, 9.17) is 20.6 Å². The first kappa shape index (κ1) is 14.0. The Morgan fingerprint density at radius 2 is 1.90 bits per heavy atom. The minimum absolute atomic E-state index is 0.176. The van der Waals surface area contributed by atoms with Crippen molar-refractivity contribution in [2.45, 2.75) is 6.42 Å². The molecule has 0 aliphatic rings. The maximum Gasteiger partial charge on any atom is 0.249 e. The summed E-state index contributed by atoms with van der Waals surface area (Å²) in [6.45, 7) is 0.679. The van der Waals surface area contributed by atoms with Crippen LogP contribution >= 0.6 is 0 Å². The van der Waals surface area contributed by atoms with Gasteiger partial charge in [-0.1, -0.05) is 12.1 Å². The van der Waals surface area contributed by atoms with E-state index in [0.29, 0.717) is 12.4 Å². The fourth-order valence-electron chi connectivity index (χ4n) is 1.64. The number of nitrogens with one attached hydrogen (secondary N) is 1. The van der Waals surface area contributed by atoms with E-state index in [1.165, 1.54) is 12.4 Å². The topological polar surface area (TPSA) is 94.1 Å². The predicted octanol–water partition coefficient (Wildman–Crippen LogP) is 1.74. The van der Waals surface area contributed by atoms with Gasteiger partial charge in [0, 0.05) is 19.5 Å². The molecule has 6 heteroatoms. The molecule has 0 aliphatic carbocycles. The maximum atomic E-state index is 7.43. The zero-order valence-corrected chi connectivity index (χ0v) is 11.2. The highest BCUT2D eigenvalue weighted by molar-refractivity contribution is 5.95. The third-order valence-electron chi connectivity index (χ3n) is 2.65. The van der Waals surface area contributed by atoms with E-state index < -0.39 is 0 Å². The van der Waals surface area contributed by atoms with Crippen molar-refractivity contribution >= 4 is 5.84 Å². The average Bonchev–Trinajstić information content (AvgIpc) is 2.47. The normalized spacial score (nSPS) is 10.2. The first-order valence-corrected chi connectivity index (χ1v) is 6.12. The fourth-order valence-corrected chi connectivity index (χ4v) is 1.64. The number of nitrogens with zero attached hydrogens (tertiary/aromatic N) is 2. The molecule has 3 N–H and O–H groups in total. The summed E-state index contributed by atoms with van der Waals surface area (Å²) >= 11 is 0. The van der Waals surface area contributed by atoms with Crippen LogP contribution in [0.5, 0.6) is 11.6 Å². The van der Waals surface area contributed by atoms with E-state index >= 15 is 0 Å². The van der Waals surface area contributed by atoms with E-state index in [-0.39, 0.29) is 17.4 Å². The Balaban J connectivity index is 2.12. The number of hydrogen-bond acceptors (Lipinski definition) is 5. The second-order valence-corrected chi connectivity index (χ2v) is 4.11. The Hall–Kier alpha value is -2.47. The summed E-state index contributed by atoms with van der Waals surface area (Å²) < 4.78 is 10.6. The summed E-state index contributed by atoms with van der Waals surface area (Å²) in [5.41, 5.74) is 6.82. The van der Waals surface area contributed by atoms with E-state index in [2.05, 4.69) is 9.97 Å². The van der Waals surface area contributed by atoms with Crippen molar-refractivity contribution in [3.8, 4) is 11.6 Å². The molecule has 0 unspecified atom stereocenters. The molecule has 0 fully saturated rings. The Morgan fingerprint density at radius 1 is 1.20 bits per heavy atom. The van der Waals surface area contributed by atoms with Crippen LogP contribution in [-0.2, 0) is 11.2 Å². The first-order valence-electron chi connectivity index (χ1n) is 6.12. The second kappa shape index (κ2) is 6.63. The number of aromatic nitrogens is 2. The van der Waals surface area contributed by atoms with Gasteiger partial charge in [-0.2, -0.15) is 0 Å². The number of nitrogen functional groups attached to an aromatic ring is 1. The highest BCUT2D eigenvalue weighted by Crippen LogP contribution is 2.21. The zero-order valence-electron chi connectivity index (χ0n) is 11.2. The molecule has 2 rings (SSSR count). The van der Waals surface area contributed by atoms with Gasteiger partial charge < -0.3 is 15.2 Å². The smallest absolute Gasteiger partial charge is 0.249 e. The van der Waals surface area contributed by atoms with Crippen LogP contribution in [-0.4, -0.2) is 29.5 Å². The molecular formula is C14H16N4O2. The van der Waals surface area contributed by atoms with E-state index in [0.717, 1.165) is 12.0 Å².